The van der Waals surface area contributed by atoms with E-state index in [0.29, 0.717) is 22.4 Å². The molecule has 212 valence electrons. The Morgan fingerprint density at radius 1 is 0.878 bits per heavy atom. The first-order valence-corrected chi connectivity index (χ1v) is 13.5. The van der Waals surface area contributed by atoms with Crippen molar-refractivity contribution < 1.29 is 29.0 Å². The maximum Gasteiger partial charge on any atom is 0.310 e. The van der Waals surface area contributed by atoms with Gasteiger partial charge in [0.15, 0.2) is 0 Å². The van der Waals surface area contributed by atoms with Gasteiger partial charge in [-0.15, -0.1) is 0 Å². The number of nitrogens with one attached hydrogen (secondary N) is 1. The van der Waals surface area contributed by atoms with Crippen LogP contribution in [0.3, 0.4) is 0 Å². The number of aliphatic hydroxyl groups is 1. The van der Waals surface area contributed by atoms with E-state index < -0.39 is 30.1 Å². The number of hydrogen-bond acceptors (Lipinski definition) is 4. The van der Waals surface area contributed by atoms with Crippen molar-refractivity contribution in [2.75, 3.05) is 5.32 Å². The first-order valence-electron chi connectivity index (χ1n) is 13.5. The summed E-state index contributed by atoms with van der Waals surface area (Å²) in [5.41, 5.74) is 4.61. The van der Waals surface area contributed by atoms with Gasteiger partial charge in [0.2, 0.25) is 0 Å². The van der Waals surface area contributed by atoms with E-state index >= 15 is 0 Å². The summed E-state index contributed by atoms with van der Waals surface area (Å²) in [6.07, 6.45) is -1.84. The molecule has 8 heteroatoms. The van der Waals surface area contributed by atoms with Gasteiger partial charge in [-0.1, -0.05) is 74.5 Å². The van der Waals surface area contributed by atoms with E-state index in [0.717, 1.165) is 17.0 Å². The fourth-order valence-corrected chi connectivity index (χ4v) is 5.09. The number of aliphatic carboxylic acids is 1. The normalized spacial score (nSPS) is 11.8. The van der Waals surface area contributed by atoms with Crippen LogP contribution < -0.4 is 5.32 Å². The number of para-hydroxylation sites is 1. The van der Waals surface area contributed by atoms with Crippen molar-refractivity contribution in [1.29, 1.82) is 0 Å². The van der Waals surface area contributed by atoms with Crippen molar-refractivity contribution >= 4 is 23.3 Å². The van der Waals surface area contributed by atoms with E-state index in [1.807, 2.05) is 66.9 Å². The summed E-state index contributed by atoms with van der Waals surface area (Å²) < 4.78 is 16.0. The molecule has 1 aromatic heterocycles. The lowest BCUT2D eigenvalue weighted by molar-refractivity contribution is -0.140. The van der Waals surface area contributed by atoms with Gasteiger partial charge in [0.25, 0.3) is 5.91 Å². The Hall–Kier alpha value is -4.56. The second kappa shape index (κ2) is 13.2. The number of halogens is 1. The number of carboxylic acid groups (broad SMARTS) is 1. The predicted octanol–water partition coefficient (Wildman–Crippen LogP) is 6.52. The van der Waals surface area contributed by atoms with Gasteiger partial charge in [0.1, 0.15) is 18.0 Å². The van der Waals surface area contributed by atoms with E-state index in [2.05, 4.69) is 5.32 Å². The topological polar surface area (TPSA) is 109 Å². The molecule has 1 atom stereocenters. The molecule has 4 aromatic rings. The number of carboxylic acids is 1. The number of nitrogens with zero attached hydrogens (tertiary/aromatic N) is 1. The minimum Gasteiger partial charge on any atom is -0.481 e. The van der Waals surface area contributed by atoms with Gasteiger partial charge in [-0.2, -0.15) is 0 Å². The molecule has 0 radical (unpaired) electrons. The lowest BCUT2D eigenvalue weighted by atomic mass is 9.94. The van der Waals surface area contributed by atoms with E-state index in [4.69, 9.17) is 5.11 Å². The molecule has 1 amide bonds. The van der Waals surface area contributed by atoms with Gasteiger partial charge >= 0.3 is 5.97 Å². The molecule has 0 spiro atoms. The van der Waals surface area contributed by atoms with E-state index in [1.165, 1.54) is 12.1 Å². The van der Waals surface area contributed by atoms with Crippen LogP contribution >= 0.6 is 0 Å². The van der Waals surface area contributed by atoms with E-state index in [1.54, 1.807) is 24.3 Å². The molecular formula is C33H33FN2O5. The molecule has 0 saturated carbocycles. The van der Waals surface area contributed by atoms with Gasteiger partial charge in [0, 0.05) is 29.9 Å². The zero-order chi connectivity index (χ0) is 29.5. The molecule has 41 heavy (non-hydrogen) atoms. The Bertz CT molecular complexity index is 1510. The van der Waals surface area contributed by atoms with Crippen molar-refractivity contribution in [2.45, 2.75) is 51.7 Å². The zero-order valence-corrected chi connectivity index (χ0v) is 23.0. The van der Waals surface area contributed by atoms with Gasteiger partial charge in [-0.3, -0.25) is 14.4 Å². The molecule has 0 aliphatic carbocycles. The number of rotatable bonds is 12. The standard InChI is InChI=1S/C33H33FN2O5/c1-21(2)31-30(33(41)35-25-11-7-4-8-12-25)29(22-13-15-24(34)16-14-22)32(23-9-5-3-6-10-23)36(31)18-17-26(37)19-27(38)20-28(39)40/h3-16,21,26,37H,17-20H2,1-2H3,(H,35,41)(H,39,40)/t26-/m1/s1. The molecule has 0 unspecified atom stereocenters. The van der Waals surface area contributed by atoms with Crippen LogP contribution in [0, 0.1) is 5.82 Å². The molecule has 0 fully saturated rings. The van der Waals surface area contributed by atoms with Crippen molar-refractivity contribution in [3.63, 3.8) is 0 Å². The molecule has 3 aromatic carbocycles. The van der Waals surface area contributed by atoms with Crippen LogP contribution in [-0.4, -0.2) is 38.5 Å². The van der Waals surface area contributed by atoms with Gasteiger partial charge < -0.3 is 20.1 Å². The molecule has 4 rings (SSSR count). The van der Waals surface area contributed by atoms with Crippen LogP contribution in [0.15, 0.2) is 84.9 Å². The Labute approximate surface area is 238 Å². The molecular weight excluding hydrogens is 523 g/mol. The van der Waals surface area contributed by atoms with Crippen molar-refractivity contribution in [2.24, 2.45) is 0 Å². The summed E-state index contributed by atoms with van der Waals surface area (Å²) in [5, 5.41) is 22.6. The van der Waals surface area contributed by atoms with Crippen LogP contribution in [0.1, 0.15) is 55.1 Å². The van der Waals surface area contributed by atoms with Crippen LogP contribution in [0.5, 0.6) is 0 Å². The Balaban J connectivity index is 1.90. The highest BCUT2D eigenvalue weighted by Crippen LogP contribution is 2.42. The first kappa shape index (κ1) is 29.4. The van der Waals surface area contributed by atoms with Crippen molar-refractivity contribution in [3.8, 4) is 22.4 Å². The Morgan fingerprint density at radius 3 is 2.07 bits per heavy atom. The molecule has 0 aliphatic rings. The highest BCUT2D eigenvalue weighted by Gasteiger charge is 2.31. The highest BCUT2D eigenvalue weighted by atomic mass is 19.1. The summed E-state index contributed by atoms with van der Waals surface area (Å²) in [6, 6.07) is 24.6. The quantitative estimate of drug-likeness (QED) is 0.172. The molecule has 7 nitrogen and oxygen atoms in total. The fourth-order valence-electron chi connectivity index (χ4n) is 5.09. The molecule has 0 bridgehead atoms. The Kier molecular flexibility index (Phi) is 9.47. The lowest BCUT2D eigenvalue weighted by Crippen LogP contribution is -2.20. The average molecular weight is 557 g/mol. The monoisotopic (exact) mass is 556 g/mol. The number of carbonyl (C=O) groups excluding carboxylic acids is 2. The number of hydrogen-bond donors (Lipinski definition) is 3. The van der Waals surface area contributed by atoms with E-state index in [9.17, 15) is 23.9 Å². The number of Topliss-reactive ketones (excluding diaryl/α,β-unsaturated/α-hetero) is 1. The number of aromatic nitrogens is 1. The minimum atomic E-state index is -1.24. The van der Waals surface area contributed by atoms with E-state index in [-0.39, 0.29) is 31.2 Å². The summed E-state index contributed by atoms with van der Waals surface area (Å²) in [7, 11) is 0. The van der Waals surface area contributed by atoms with Crippen LogP contribution in [0.4, 0.5) is 10.1 Å². The number of carbonyl (C=O) groups is 3. The predicted molar refractivity (Wildman–Crippen MR) is 156 cm³/mol. The summed E-state index contributed by atoms with van der Waals surface area (Å²) in [5.74, 6) is -2.65. The fraction of sp³-hybridized carbons (Fsp3) is 0.242. The van der Waals surface area contributed by atoms with Crippen LogP contribution in [0.2, 0.25) is 0 Å². The minimum absolute atomic E-state index is 0.131. The second-order valence-corrected chi connectivity index (χ2v) is 10.2. The lowest BCUT2D eigenvalue weighted by Gasteiger charge is -2.19. The summed E-state index contributed by atoms with van der Waals surface area (Å²) >= 11 is 0. The number of aliphatic hydroxyl groups excluding tert-OH is 1. The second-order valence-electron chi connectivity index (χ2n) is 10.2. The SMILES string of the molecule is CC(C)c1c(C(=O)Nc2ccccc2)c(-c2ccc(F)cc2)c(-c2ccccc2)n1CC[C@@H](O)CC(=O)CC(=O)O. The smallest absolute Gasteiger partial charge is 0.310 e. The number of anilines is 1. The summed E-state index contributed by atoms with van der Waals surface area (Å²) in [6.45, 7) is 4.20. The van der Waals surface area contributed by atoms with Crippen molar-refractivity contribution in [1.82, 2.24) is 4.57 Å². The van der Waals surface area contributed by atoms with Gasteiger partial charge in [-0.25, -0.2) is 4.39 Å². The molecule has 0 aliphatic heterocycles. The molecule has 3 N–H and O–H groups in total. The molecule has 0 saturated heterocycles. The van der Waals surface area contributed by atoms with Crippen LogP contribution in [-0.2, 0) is 16.1 Å². The summed E-state index contributed by atoms with van der Waals surface area (Å²) in [4.78, 5) is 37.0. The van der Waals surface area contributed by atoms with Gasteiger partial charge in [0.05, 0.1) is 17.4 Å². The van der Waals surface area contributed by atoms with Crippen LogP contribution in [0.25, 0.3) is 22.4 Å². The third-order valence-electron chi connectivity index (χ3n) is 6.79. The first-order chi connectivity index (χ1) is 19.7. The van der Waals surface area contributed by atoms with Gasteiger partial charge in [-0.05, 0) is 47.7 Å². The largest absolute Gasteiger partial charge is 0.481 e. The maximum absolute atomic E-state index is 14.0. The molecule has 1 heterocycles. The number of benzene rings is 3. The third kappa shape index (κ3) is 7.15. The third-order valence-corrected chi connectivity index (χ3v) is 6.79. The van der Waals surface area contributed by atoms with Crippen molar-refractivity contribution in [3.05, 3.63) is 102 Å². The zero-order valence-electron chi connectivity index (χ0n) is 23.0. The number of amides is 1. The number of ketones is 1. The maximum atomic E-state index is 14.0. The highest BCUT2D eigenvalue weighted by molar-refractivity contribution is 6.12. The average Bonchev–Trinajstić information content (AvgIpc) is 3.28. The Morgan fingerprint density at radius 2 is 1.49 bits per heavy atom.